The van der Waals surface area contributed by atoms with Crippen LogP contribution in [0.4, 0.5) is 0 Å². The van der Waals surface area contributed by atoms with Gasteiger partial charge in [-0.05, 0) is 0 Å². The van der Waals surface area contributed by atoms with E-state index in [-0.39, 0.29) is 21.4 Å². The molecule has 2 saturated heterocycles. The van der Waals surface area contributed by atoms with E-state index in [9.17, 15) is 9.59 Å². The monoisotopic (exact) mass is 613 g/mol. The van der Waals surface area contributed by atoms with E-state index >= 15 is 0 Å². The molecule has 2 aromatic rings. The van der Waals surface area contributed by atoms with Gasteiger partial charge in [-0.15, -0.1) is 0 Å². The minimum absolute atomic E-state index is 0.0624. The molecule has 161 valence electrons. The van der Waals surface area contributed by atoms with Crippen molar-refractivity contribution >= 4 is 37.6 Å². The van der Waals surface area contributed by atoms with E-state index in [0.29, 0.717) is 44.7 Å². The van der Waals surface area contributed by atoms with Gasteiger partial charge in [0.05, 0.1) is 0 Å². The number of methoxy groups -OCH3 is 1. The SMILES string of the molecule is COC(=O)C1CC(N2CCCC(c3ccccc3)C2)CN1C(=O)[CH]([Pb])c1ccccc1. The van der Waals surface area contributed by atoms with Gasteiger partial charge in [0.15, 0.2) is 0 Å². The van der Waals surface area contributed by atoms with E-state index < -0.39 is 6.04 Å². The van der Waals surface area contributed by atoms with Crippen molar-refractivity contribution in [3.8, 4) is 0 Å². The fourth-order valence-electron chi connectivity index (χ4n) is 4.97. The summed E-state index contributed by atoms with van der Waals surface area (Å²) in [5, 5.41) is 0. The minimum atomic E-state index is -0.486. The summed E-state index contributed by atoms with van der Waals surface area (Å²) in [7, 11) is 1.42. The normalized spacial score (nSPS) is 25.2. The van der Waals surface area contributed by atoms with Gasteiger partial charge in [-0.2, -0.15) is 0 Å². The second-order valence-electron chi connectivity index (χ2n) is 8.51. The summed E-state index contributed by atoms with van der Waals surface area (Å²) in [6.07, 6.45) is 2.98. The quantitative estimate of drug-likeness (QED) is 0.385. The first-order valence-electron chi connectivity index (χ1n) is 11.0. The zero-order valence-electron chi connectivity index (χ0n) is 17.9. The number of piperidine rings is 1. The number of hydrogen-bond donors (Lipinski definition) is 0. The van der Waals surface area contributed by atoms with Crippen LogP contribution in [0.15, 0.2) is 60.7 Å². The van der Waals surface area contributed by atoms with Crippen LogP contribution < -0.4 is 0 Å². The Bertz CT molecular complexity index is 892. The van der Waals surface area contributed by atoms with Gasteiger partial charge in [0.1, 0.15) is 0 Å². The molecule has 2 aliphatic heterocycles. The average molecular weight is 613 g/mol. The predicted octanol–water partition coefficient (Wildman–Crippen LogP) is 2.92. The van der Waals surface area contributed by atoms with Gasteiger partial charge in [0.2, 0.25) is 0 Å². The Morgan fingerprint density at radius 1 is 1.03 bits per heavy atom. The van der Waals surface area contributed by atoms with Crippen LogP contribution in [0.3, 0.4) is 0 Å². The molecule has 4 atom stereocenters. The third kappa shape index (κ3) is 5.03. The molecule has 0 spiro atoms. The third-order valence-electron chi connectivity index (χ3n) is 6.66. The maximum atomic E-state index is 13.4. The summed E-state index contributed by atoms with van der Waals surface area (Å²) in [6, 6.07) is 20.3. The van der Waals surface area contributed by atoms with Crippen LogP contribution in [0.25, 0.3) is 0 Å². The molecule has 31 heavy (non-hydrogen) atoms. The van der Waals surface area contributed by atoms with E-state index in [2.05, 4.69) is 35.2 Å². The van der Waals surface area contributed by atoms with E-state index in [0.717, 1.165) is 25.1 Å². The van der Waals surface area contributed by atoms with Crippen molar-refractivity contribution in [1.82, 2.24) is 9.80 Å². The molecule has 0 N–H and O–H groups in total. The Morgan fingerprint density at radius 2 is 1.71 bits per heavy atom. The molecule has 4 rings (SSSR count). The van der Waals surface area contributed by atoms with Crippen molar-refractivity contribution in [2.75, 3.05) is 26.7 Å². The molecule has 5 nitrogen and oxygen atoms in total. The first kappa shape index (κ1) is 22.5. The number of nitrogens with zero attached hydrogens (tertiary/aromatic N) is 2. The summed E-state index contributed by atoms with van der Waals surface area (Å²) in [5.74, 6) is 0.272. The standard InChI is InChI=1S/C25H29N2O3.Pb/c1-30-25(29)23-16-22(18-27(23)24(28)15-19-9-4-2-5-10-19)26-14-8-13-21(17-26)20-11-6-3-7-12-20;/h2-7,9-12,15,21-23H,8,13-14,16-18H2,1H3;. The Labute approximate surface area is 200 Å². The molecule has 2 aliphatic rings. The number of likely N-dealkylation sites (tertiary alicyclic amines) is 2. The summed E-state index contributed by atoms with van der Waals surface area (Å²) in [5.41, 5.74) is 2.42. The Hall–Kier alpha value is -1.74. The number of carbonyl (C=O) groups excluding carboxylic acids is 2. The van der Waals surface area contributed by atoms with E-state index in [1.54, 1.807) is 4.90 Å². The maximum absolute atomic E-state index is 13.4. The van der Waals surface area contributed by atoms with Crippen molar-refractivity contribution in [2.24, 2.45) is 0 Å². The fraction of sp³-hybridized carbons (Fsp3) is 0.440. The zero-order chi connectivity index (χ0) is 21.8. The van der Waals surface area contributed by atoms with Crippen LogP contribution in [0.5, 0.6) is 0 Å². The Kier molecular flexibility index (Phi) is 7.43. The summed E-state index contributed by atoms with van der Waals surface area (Å²) >= 11 is 0.710. The molecule has 0 aliphatic carbocycles. The van der Waals surface area contributed by atoms with Gasteiger partial charge in [-0.1, -0.05) is 0 Å². The van der Waals surface area contributed by atoms with Crippen molar-refractivity contribution in [1.29, 1.82) is 0 Å². The van der Waals surface area contributed by atoms with Crippen LogP contribution in [0.2, 0.25) is 0 Å². The molecule has 3 radical (unpaired) electrons. The number of rotatable bonds is 5. The molecule has 2 aromatic carbocycles. The first-order valence-corrected chi connectivity index (χ1v) is 13.3. The Balaban J connectivity index is 1.50. The second kappa shape index (κ2) is 10.3. The van der Waals surface area contributed by atoms with Crippen LogP contribution >= 0.6 is 0 Å². The third-order valence-corrected chi connectivity index (χ3v) is 8.91. The Morgan fingerprint density at radius 3 is 2.39 bits per heavy atom. The summed E-state index contributed by atoms with van der Waals surface area (Å²) in [4.78, 5) is 30.3. The molecule has 2 fully saturated rings. The van der Waals surface area contributed by atoms with Crippen molar-refractivity contribution in [3.63, 3.8) is 0 Å². The number of esters is 1. The molecule has 1 amide bonds. The molecule has 6 heteroatoms. The summed E-state index contributed by atoms with van der Waals surface area (Å²) < 4.78 is 4.94. The first-order chi connectivity index (χ1) is 15.1. The van der Waals surface area contributed by atoms with Crippen molar-refractivity contribution in [3.05, 3.63) is 71.8 Å². The fourth-order valence-corrected chi connectivity index (χ4v) is 6.36. The number of hydrogen-bond acceptors (Lipinski definition) is 4. The van der Waals surface area contributed by atoms with Crippen molar-refractivity contribution < 1.29 is 14.3 Å². The van der Waals surface area contributed by atoms with Crippen LogP contribution in [-0.2, 0) is 14.3 Å². The van der Waals surface area contributed by atoms with E-state index in [4.69, 9.17) is 4.74 Å². The van der Waals surface area contributed by atoms with Gasteiger partial charge in [0.25, 0.3) is 0 Å². The van der Waals surface area contributed by atoms with Crippen LogP contribution in [0.1, 0.15) is 39.8 Å². The van der Waals surface area contributed by atoms with Gasteiger partial charge >= 0.3 is 201 Å². The summed E-state index contributed by atoms with van der Waals surface area (Å²) in [6.45, 7) is 2.60. The van der Waals surface area contributed by atoms with Gasteiger partial charge in [-0.25, -0.2) is 0 Å². The van der Waals surface area contributed by atoms with Crippen LogP contribution in [-0.4, -0.2) is 86.3 Å². The van der Waals surface area contributed by atoms with Gasteiger partial charge in [0, 0.05) is 0 Å². The molecule has 2 heterocycles. The van der Waals surface area contributed by atoms with Gasteiger partial charge < -0.3 is 0 Å². The molecule has 0 saturated carbocycles. The number of benzene rings is 2. The predicted molar refractivity (Wildman–Crippen MR) is 121 cm³/mol. The van der Waals surface area contributed by atoms with Crippen LogP contribution in [0, 0.1) is 0 Å². The molecular formula is C25H29N2O3Pb. The average Bonchev–Trinajstić information content (AvgIpc) is 3.29. The van der Waals surface area contributed by atoms with Gasteiger partial charge in [-0.3, -0.25) is 0 Å². The topological polar surface area (TPSA) is 49.9 Å². The van der Waals surface area contributed by atoms with E-state index in [1.165, 1.54) is 19.1 Å². The molecule has 0 aromatic heterocycles. The zero-order valence-corrected chi connectivity index (χ0v) is 21.8. The number of ether oxygens (including phenoxy) is 1. The molecular weight excluding hydrogens is 583 g/mol. The number of amides is 1. The number of carbonyl (C=O) groups is 2. The second-order valence-corrected chi connectivity index (χ2v) is 10.8. The molecule has 0 bridgehead atoms. The van der Waals surface area contributed by atoms with Crippen molar-refractivity contribution in [2.45, 2.75) is 40.7 Å². The molecule has 4 unspecified atom stereocenters. The van der Waals surface area contributed by atoms with E-state index in [1.807, 2.05) is 30.3 Å².